The third-order valence-electron chi connectivity index (χ3n) is 3.14. The van der Waals surface area contributed by atoms with Gasteiger partial charge in [0.05, 0.1) is 0 Å². The number of methoxy groups -OCH3 is 1. The number of alkyl carbamates (subject to hydrolysis) is 1. The summed E-state index contributed by atoms with van der Waals surface area (Å²) < 4.78 is 15.8. The first-order chi connectivity index (χ1) is 11.3. The summed E-state index contributed by atoms with van der Waals surface area (Å²) in [5.41, 5.74) is -0.683. The molecular formula is C17H31NO6Sn. The van der Waals surface area contributed by atoms with E-state index in [1.54, 1.807) is 27.7 Å². The summed E-state index contributed by atoms with van der Waals surface area (Å²) in [6.07, 6.45) is 0.943. The Kier molecular flexibility index (Phi) is 9.53. The summed E-state index contributed by atoms with van der Waals surface area (Å²) in [6, 6.07) is -0.920. The van der Waals surface area contributed by atoms with Crippen molar-refractivity contribution in [1.82, 2.24) is 5.32 Å². The first-order valence-corrected chi connectivity index (χ1v) is 18.2. The van der Waals surface area contributed by atoms with E-state index in [0.717, 1.165) is 3.59 Å². The molecule has 0 aromatic heterocycles. The van der Waals surface area contributed by atoms with Crippen molar-refractivity contribution in [2.45, 2.75) is 60.6 Å². The number of amides is 1. The molecule has 25 heavy (non-hydrogen) atoms. The third kappa shape index (κ3) is 10.4. The van der Waals surface area contributed by atoms with Gasteiger partial charge in [-0.05, 0) is 0 Å². The molecule has 1 atom stereocenters. The van der Waals surface area contributed by atoms with Gasteiger partial charge in [-0.25, -0.2) is 0 Å². The average Bonchev–Trinajstić information content (AvgIpc) is 2.42. The van der Waals surface area contributed by atoms with E-state index < -0.39 is 48.1 Å². The van der Waals surface area contributed by atoms with Gasteiger partial charge in [-0.3, -0.25) is 0 Å². The molecule has 0 unspecified atom stereocenters. The van der Waals surface area contributed by atoms with Crippen LogP contribution in [0.3, 0.4) is 0 Å². The monoisotopic (exact) mass is 465 g/mol. The summed E-state index contributed by atoms with van der Waals surface area (Å²) >= 11 is -2.72. The predicted octanol–water partition coefficient (Wildman–Crippen LogP) is 2.81. The van der Waals surface area contributed by atoms with Crippen LogP contribution in [-0.2, 0) is 23.8 Å². The Morgan fingerprint density at radius 3 is 2.12 bits per heavy atom. The molecule has 0 aromatic rings. The van der Waals surface area contributed by atoms with Gasteiger partial charge in [-0.2, -0.15) is 0 Å². The number of hydrogen-bond donors (Lipinski definition) is 1. The van der Waals surface area contributed by atoms with Crippen LogP contribution < -0.4 is 5.32 Å². The fourth-order valence-electron chi connectivity index (χ4n) is 1.91. The van der Waals surface area contributed by atoms with Crippen molar-refractivity contribution in [1.29, 1.82) is 0 Å². The molecule has 7 nitrogen and oxygen atoms in total. The SMILES string of the molecule is CCOC(=O)/C=[C](\C[C@H](NC(=O)OC(C)(C)C)C(=O)OC)[Sn]([CH3])([CH3])[CH3]. The van der Waals surface area contributed by atoms with Crippen LogP contribution in [0.1, 0.15) is 34.1 Å². The molecule has 0 rings (SSSR count). The molecule has 0 bridgehead atoms. The average molecular weight is 464 g/mol. The quantitative estimate of drug-likeness (QED) is 0.270. The minimum absolute atomic E-state index is 0.199. The Hall–Kier alpha value is -1.25. The second-order valence-electron chi connectivity index (χ2n) is 7.60. The van der Waals surface area contributed by atoms with E-state index in [1.807, 2.05) is 0 Å². The second-order valence-corrected chi connectivity index (χ2v) is 22.3. The van der Waals surface area contributed by atoms with Crippen LogP contribution in [0.15, 0.2) is 9.67 Å². The van der Waals surface area contributed by atoms with Gasteiger partial charge in [-0.1, -0.05) is 0 Å². The van der Waals surface area contributed by atoms with E-state index in [9.17, 15) is 14.4 Å². The molecule has 144 valence electrons. The van der Waals surface area contributed by atoms with Gasteiger partial charge in [0.1, 0.15) is 0 Å². The Bertz CT molecular complexity index is 516. The summed E-state index contributed by atoms with van der Waals surface area (Å²) in [4.78, 5) is 42.3. The first kappa shape index (κ1) is 23.7. The predicted molar refractivity (Wildman–Crippen MR) is 97.9 cm³/mol. The Balaban J connectivity index is 5.40. The number of carbonyl (C=O) groups excluding carboxylic acids is 3. The normalized spacial score (nSPS) is 13.7. The van der Waals surface area contributed by atoms with Gasteiger partial charge >= 0.3 is 154 Å². The number of hydrogen-bond acceptors (Lipinski definition) is 6. The number of ether oxygens (including phenoxy) is 3. The zero-order valence-electron chi connectivity index (χ0n) is 16.5. The molecule has 0 spiro atoms. The van der Waals surface area contributed by atoms with Crippen LogP contribution in [0.25, 0.3) is 0 Å². The molecule has 0 saturated heterocycles. The molecule has 1 amide bonds. The standard InChI is InChI=1S/C14H22NO6.3CH3.Sn/c1-6-20-11(16)9-7-8-10(12(17)19-5)15-13(18)21-14(2,3)4;;;;/h9-10H,6,8H2,1-5H3,(H,15,18);3*1H3;/t10-;;;;/m0..../s1. The van der Waals surface area contributed by atoms with E-state index in [0.29, 0.717) is 0 Å². The molecule has 1 N–H and O–H groups in total. The molecule has 0 fully saturated rings. The molecule has 8 heteroatoms. The zero-order valence-corrected chi connectivity index (χ0v) is 19.4. The van der Waals surface area contributed by atoms with E-state index in [2.05, 4.69) is 20.1 Å². The number of nitrogens with one attached hydrogen (secondary N) is 1. The van der Waals surface area contributed by atoms with Gasteiger partial charge in [-0.15, -0.1) is 0 Å². The first-order valence-electron chi connectivity index (χ1n) is 8.25. The molecule has 0 aliphatic heterocycles. The van der Waals surface area contributed by atoms with Crippen LogP contribution in [0, 0.1) is 0 Å². The van der Waals surface area contributed by atoms with Gasteiger partial charge in [0.2, 0.25) is 0 Å². The summed E-state index contributed by atoms with van der Waals surface area (Å²) in [7, 11) is 1.25. The van der Waals surface area contributed by atoms with Crippen molar-refractivity contribution in [3.8, 4) is 0 Å². The number of carbonyl (C=O) groups is 3. The fraction of sp³-hybridized carbons (Fsp3) is 0.706. The van der Waals surface area contributed by atoms with Crippen LogP contribution in [-0.4, -0.2) is 61.8 Å². The van der Waals surface area contributed by atoms with Crippen molar-refractivity contribution < 1.29 is 28.6 Å². The minimum atomic E-state index is -2.72. The van der Waals surface area contributed by atoms with Gasteiger partial charge < -0.3 is 0 Å². The maximum absolute atomic E-state index is 12.1. The van der Waals surface area contributed by atoms with Crippen LogP contribution in [0.2, 0.25) is 14.8 Å². The van der Waals surface area contributed by atoms with Crippen molar-refractivity contribution in [3.63, 3.8) is 0 Å². The third-order valence-corrected chi connectivity index (χ3v) is 9.64. The van der Waals surface area contributed by atoms with Crippen molar-refractivity contribution >= 4 is 36.4 Å². The van der Waals surface area contributed by atoms with Gasteiger partial charge in [0.15, 0.2) is 0 Å². The van der Waals surface area contributed by atoms with Crippen LogP contribution in [0.4, 0.5) is 4.79 Å². The number of rotatable bonds is 7. The molecule has 0 heterocycles. The van der Waals surface area contributed by atoms with E-state index in [1.165, 1.54) is 13.2 Å². The zero-order chi connectivity index (χ0) is 19.8. The maximum atomic E-state index is 12.1. The molecule has 0 aliphatic rings. The fourth-order valence-corrected chi connectivity index (χ4v) is 5.82. The van der Waals surface area contributed by atoms with Gasteiger partial charge in [0.25, 0.3) is 0 Å². The van der Waals surface area contributed by atoms with Crippen LogP contribution >= 0.6 is 0 Å². The van der Waals surface area contributed by atoms with Gasteiger partial charge in [0, 0.05) is 0 Å². The van der Waals surface area contributed by atoms with Crippen molar-refractivity contribution in [2.24, 2.45) is 0 Å². The summed E-state index contributed by atoms with van der Waals surface area (Å²) in [6.45, 7) is 7.21. The van der Waals surface area contributed by atoms with Crippen molar-refractivity contribution in [3.05, 3.63) is 9.67 Å². The molecule has 0 aromatic carbocycles. The van der Waals surface area contributed by atoms with E-state index in [4.69, 9.17) is 14.2 Å². The molecule has 0 radical (unpaired) electrons. The Labute approximate surface area is 154 Å². The molecular weight excluding hydrogens is 433 g/mol. The summed E-state index contributed by atoms with van der Waals surface area (Å²) in [5.74, 6) is -1.03. The number of esters is 2. The summed E-state index contributed by atoms with van der Waals surface area (Å²) in [5, 5.41) is 2.54. The van der Waals surface area contributed by atoms with E-state index >= 15 is 0 Å². The topological polar surface area (TPSA) is 90.9 Å². The second kappa shape index (κ2) is 10.0. The van der Waals surface area contributed by atoms with E-state index in [-0.39, 0.29) is 13.0 Å². The van der Waals surface area contributed by atoms with Crippen molar-refractivity contribution in [2.75, 3.05) is 13.7 Å². The van der Waals surface area contributed by atoms with Crippen LogP contribution in [0.5, 0.6) is 0 Å². The Morgan fingerprint density at radius 2 is 1.72 bits per heavy atom. The Morgan fingerprint density at radius 1 is 1.16 bits per heavy atom. The molecule has 0 saturated carbocycles. The molecule has 0 aliphatic carbocycles.